The van der Waals surface area contributed by atoms with Crippen LogP contribution in [0.15, 0.2) is 30.3 Å². The monoisotopic (exact) mass is 263 g/mol. The zero-order chi connectivity index (χ0) is 14.1. The first-order valence-corrected chi connectivity index (χ1v) is 6.81. The highest BCUT2D eigenvalue weighted by molar-refractivity contribution is 5.57. The summed E-state index contributed by atoms with van der Waals surface area (Å²) in [4.78, 5) is 0. The van der Waals surface area contributed by atoms with Crippen LogP contribution in [0.2, 0.25) is 0 Å². The minimum atomic E-state index is 0.169. The fourth-order valence-corrected chi connectivity index (χ4v) is 2.02. The standard InChI is InChI=1S/C16H25NO2/c1-13(2)11-15(12-18)17-10-6-8-14-7-4-5-9-16(14)19-3/h4-9,13,15,17-18H,10-12H2,1-3H3. The van der Waals surface area contributed by atoms with Gasteiger partial charge >= 0.3 is 0 Å². The maximum absolute atomic E-state index is 9.27. The van der Waals surface area contributed by atoms with Crippen molar-refractivity contribution in [1.29, 1.82) is 0 Å². The van der Waals surface area contributed by atoms with Crippen molar-refractivity contribution in [2.45, 2.75) is 26.3 Å². The molecular formula is C16H25NO2. The third kappa shape index (κ3) is 5.90. The molecule has 0 aliphatic rings. The van der Waals surface area contributed by atoms with Crippen molar-refractivity contribution in [2.24, 2.45) is 5.92 Å². The molecule has 106 valence electrons. The van der Waals surface area contributed by atoms with Gasteiger partial charge in [0.15, 0.2) is 0 Å². The average molecular weight is 263 g/mol. The van der Waals surface area contributed by atoms with Crippen LogP contribution in [-0.4, -0.2) is 31.4 Å². The summed E-state index contributed by atoms with van der Waals surface area (Å²) in [6.07, 6.45) is 5.08. The largest absolute Gasteiger partial charge is 0.496 e. The van der Waals surface area contributed by atoms with Crippen LogP contribution >= 0.6 is 0 Å². The number of hydrogen-bond acceptors (Lipinski definition) is 3. The second kappa shape index (κ2) is 8.73. The highest BCUT2D eigenvalue weighted by Gasteiger charge is 2.07. The maximum atomic E-state index is 9.27. The van der Waals surface area contributed by atoms with Gasteiger partial charge in [0, 0.05) is 18.2 Å². The van der Waals surface area contributed by atoms with Crippen LogP contribution < -0.4 is 10.1 Å². The molecule has 1 unspecified atom stereocenters. The lowest BCUT2D eigenvalue weighted by molar-refractivity contribution is 0.228. The van der Waals surface area contributed by atoms with Gasteiger partial charge in [-0.25, -0.2) is 0 Å². The fraction of sp³-hybridized carbons (Fsp3) is 0.500. The molecule has 0 bridgehead atoms. The number of benzene rings is 1. The van der Waals surface area contributed by atoms with Gasteiger partial charge in [0.05, 0.1) is 13.7 Å². The second-order valence-electron chi connectivity index (χ2n) is 5.06. The molecule has 19 heavy (non-hydrogen) atoms. The zero-order valence-corrected chi connectivity index (χ0v) is 12.1. The Hall–Kier alpha value is -1.32. The number of hydrogen-bond donors (Lipinski definition) is 2. The lowest BCUT2D eigenvalue weighted by Crippen LogP contribution is -2.33. The van der Waals surface area contributed by atoms with Crippen molar-refractivity contribution in [3.05, 3.63) is 35.9 Å². The van der Waals surface area contributed by atoms with Gasteiger partial charge in [0.2, 0.25) is 0 Å². The number of aliphatic hydroxyl groups excluding tert-OH is 1. The van der Waals surface area contributed by atoms with E-state index in [0.29, 0.717) is 5.92 Å². The lowest BCUT2D eigenvalue weighted by Gasteiger charge is -2.17. The Bertz CT molecular complexity index is 388. The number of rotatable bonds is 8. The maximum Gasteiger partial charge on any atom is 0.126 e. The number of nitrogens with one attached hydrogen (secondary N) is 1. The Labute approximate surface area is 116 Å². The third-order valence-corrected chi connectivity index (χ3v) is 2.94. The van der Waals surface area contributed by atoms with Crippen LogP contribution in [-0.2, 0) is 0 Å². The number of ether oxygens (including phenoxy) is 1. The van der Waals surface area contributed by atoms with E-state index in [1.54, 1.807) is 7.11 Å². The SMILES string of the molecule is COc1ccccc1C=CCNC(CO)CC(C)C. The Morgan fingerprint density at radius 2 is 2.05 bits per heavy atom. The molecule has 0 fully saturated rings. The second-order valence-corrected chi connectivity index (χ2v) is 5.06. The summed E-state index contributed by atoms with van der Waals surface area (Å²) in [5.74, 6) is 1.46. The van der Waals surface area contributed by atoms with E-state index in [1.165, 1.54) is 0 Å². The van der Waals surface area contributed by atoms with Crippen molar-refractivity contribution in [3.8, 4) is 5.75 Å². The summed E-state index contributed by atoms with van der Waals surface area (Å²) in [7, 11) is 1.68. The van der Waals surface area contributed by atoms with E-state index >= 15 is 0 Å². The summed E-state index contributed by atoms with van der Waals surface area (Å²) in [5, 5.41) is 12.6. The molecule has 1 aromatic rings. The van der Waals surface area contributed by atoms with E-state index in [-0.39, 0.29) is 12.6 Å². The summed E-state index contributed by atoms with van der Waals surface area (Å²) in [5.41, 5.74) is 1.07. The molecule has 0 radical (unpaired) electrons. The van der Waals surface area contributed by atoms with Crippen LogP contribution in [0.5, 0.6) is 5.75 Å². The van der Waals surface area contributed by atoms with Gasteiger partial charge in [0.1, 0.15) is 5.75 Å². The quantitative estimate of drug-likeness (QED) is 0.757. The summed E-state index contributed by atoms with van der Waals surface area (Å²) < 4.78 is 5.29. The predicted octanol–water partition coefficient (Wildman–Crippen LogP) is 2.71. The molecule has 0 spiro atoms. The number of methoxy groups -OCH3 is 1. The molecule has 2 N–H and O–H groups in total. The molecule has 0 amide bonds. The fourth-order valence-electron chi connectivity index (χ4n) is 2.02. The molecule has 0 aliphatic carbocycles. The zero-order valence-electron chi connectivity index (χ0n) is 12.1. The van der Waals surface area contributed by atoms with Gasteiger partial charge < -0.3 is 15.2 Å². The minimum absolute atomic E-state index is 0.169. The number of aliphatic hydroxyl groups is 1. The molecule has 0 saturated carbocycles. The Kier molecular flexibility index (Phi) is 7.23. The smallest absolute Gasteiger partial charge is 0.126 e. The van der Waals surface area contributed by atoms with Crippen LogP contribution in [0.25, 0.3) is 6.08 Å². The van der Waals surface area contributed by atoms with Crippen molar-refractivity contribution in [1.82, 2.24) is 5.32 Å². The highest BCUT2D eigenvalue weighted by atomic mass is 16.5. The predicted molar refractivity (Wildman–Crippen MR) is 80.4 cm³/mol. The highest BCUT2D eigenvalue weighted by Crippen LogP contribution is 2.18. The van der Waals surface area contributed by atoms with E-state index in [0.717, 1.165) is 24.3 Å². The molecule has 1 rings (SSSR count). The first-order valence-electron chi connectivity index (χ1n) is 6.81. The van der Waals surface area contributed by atoms with Crippen molar-refractivity contribution in [3.63, 3.8) is 0 Å². The van der Waals surface area contributed by atoms with Crippen LogP contribution in [0, 0.1) is 5.92 Å². The van der Waals surface area contributed by atoms with Crippen LogP contribution in [0.3, 0.4) is 0 Å². The van der Waals surface area contributed by atoms with E-state index in [2.05, 4.69) is 25.2 Å². The topological polar surface area (TPSA) is 41.5 Å². The first kappa shape index (κ1) is 15.7. The molecule has 3 heteroatoms. The van der Waals surface area contributed by atoms with Crippen LogP contribution in [0.1, 0.15) is 25.8 Å². The van der Waals surface area contributed by atoms with Gasteiger partial charge in [-0.15, -0.1) is 0 Å². The van der Waals surface area contributed by atoms with Crippen molar-refractivity contribution < 1.29 is 9.84 Å². The minimum Gasteiger partial charge on any atom is -0.496 e. The summed E-state index contributed by atoms with van der Waals surface area (Å²) in [6.45, 7) is 5.25. The van der Waals surface area contributed by atoms with Crippen LogP contribution in [0.4, 0.5) is 0 Å². The molecule has 1 atom stereocenters. The van der Waals surface area contributed by atoms with Crippen molar-refractivity contribution >= 4 is 6.08 Å². The molecule has 3 nitrogen and oxygen atoms in total. The Morgan fingerprint density at radius 3 is 2.68 bits per heavy atom. The van der Waals surface area contributed by atoms with Gasteiger partial charge in [-0.2, -0.15) is 0 Å². The molecule has 0 heterocycles. The van der Waals surface area contributed by atoms with E-state index in [1.807, 2.05) is 30.3 Å². The Balaban J connectivity index is 2.45. The van der Waals surface area contributed by atoms with E-state index < -0.39 is 0 Å². The van der Waals surface area contributed by atoms with E-state index in [9.17, 15) is 5.11 Å². The molecule has 1 aromatic carbocycles. The number of para-hydroxylation sites is 1. The van der Waals surface area contributed by atoms with Crippen molar-refractivity contribution in [2.75, 3.05) is 20.3 Å². The summed E-state index contributed by atoms with van der Waals surface area (Å²) >= 11 is 0. The van der Waals surface area contributed by atoms with Gasteiger partial charge in [0.25, 0.3) is 0 Å². The third-order valence-electron chi connectivity index (χ3n) is 2.94. The van der Waals surface area contributed by atoms with E-state index in [4.69, 9.17) is 4.74 Å². The average Bonchev–Trinajstić information content (AvgIpc) is 2.42. The first-order chi connectivity index (χ1) is 9.17. The normalized spacial score (nSPS) is 13.1. The van der Waals surface area contributed by atoms with Gasteiger partial charge in [-0.1, -0.05) is 44.2 Å². The molecule has 0 aliphatic heterocycles. The lowest BCUT2D eigenvalue weighted by atomic mass is 10.0. The molecular weight excluding hydrogens is 238 g/mol. The Morgan fingerprint density at radius 1 is 1.32 bits per heavy atom. The molecule has 0 aromatic heterocycles. The molecule has 0 saturated heterocycles. The van der Waals surface area contributed by atoms with Gasteiger partial charge in [-0.05, 0) is 18.4 Å². The van der Waals surface area contributed by atoms with Gasteiger partial charge in [-0.3, -0.25) is 0 Å². The summed E-state index contributed by atoms with van der Waals surface area (Å²) in [6, 6.07) is 8.08.